The van der Waals surface area contributed by atoms with Crippen molar-refractivity contribution in [1.82, 2.24) is 9.97 Å². The van der Waals surface area contributed by atoms with Crippen LogP contribution >= 0.6 is 11.8 Å². The SMILES string of the molecule is Cc1cc(C(F)(F)F)nc(SCc2ccc(C(=O)[O-])o2)n1. The second-order valence-electron chi connectivity index (χ2n) is 4.02. The molecule has 0 unspecified atom stereocenters. The van der Waals surface area contributed by atoms with Gasteiger partial charge in [-0.3, -0.25) is 0 Å². The van der Waals surface area contributed by atoms with E-state index >= 15 is 0 Å². The van der Waals surface area contributed by atoms with Gasteiger partial charge in [-0.1, -0.05) is 11.8 Å². The summed E-state index contributed by atoms with van der Waals surface area (Å²) in [6.45, 7) is 1.43. The molecular weight excluding hydrogens is 309 g/mol. The first-order valence-electron chi connectivity index (χ1n) is 5.61. The Bertz CT molecular complexity index is 670. The number of furan rings is 1. The lowest BCUT2D eigenvalue weighted by Crippen LogP contribution is -2.21. The van der Waals surface area contributed by atoms with Crippen molar-refractivity contribution in [3.63, 3.8) is 0 Å². The van der Waals surface area contributed by atoms with Gasteiger partial charge in [0, 0.05) is 5.69 Å². The lowest BCUT2D eigenvalue weighted by Gasteiger charge is -2.08. The zero-order valence-electron chi connectivity index (χ0n) is 10.6. The van der Waals surface area contributed by atoms with Gasteiger partial charge >= 0.3 is 6.18 Å². The number of nitrogens with zero attached hydrogens (tertiary/aromatic N) is 2. The van der Waals surface area contributed by atoms with E-state index in [4.69, 9.17) is 4.42 Å². The van der Waals surface area contributed by atoms with Crippen molar-refractivity contribution in [2.24, 2.45) is 0 Å². The van der Waals surface area contributed by atoms with Gasteiger partial charge in [0.25, 0.3) is 0 Å². The number of carboxylic acids is 1. The summed E-state index contributed by atoms with van der Waals surface area (Å²) in [4.78, 5) is 17.8. The number of hydrogen-bond acceptors (Lipinski definition) is 6. The number of aryl methyl sites for hydroxylation is 1. The molecule has 0 aliphatic carbocycles. The van der Waals surface area contributed by atoms with Crippen LogP contribution < -0.4 is 5.11 Å². The molecular formula is C12H8F3N2O3S-. The fourth-order valence-electron chi connectivity index (χ4n) is 1.45. The summed E-state index contributed by atoms with van der Waals surface area (Å²) in [6.07, 6.45) is -4.55. The lowest BCUT2D eigenvalue weighted by molar-refractivity contribution is -0.257. The molecule has 0 bridgehead atoms. The van der Waals surface area contributed by atoms with Crippen LogP contribution in [0.15, 0.2) is 27.8 Å². The number of aromatic nitrogens is 2. The van der Waals surface area contributed by atoms with E-state index < -0.39 is 17.8 Å². The Kier molecular flexibility index (Phi) is 4.21. The van der Waals surface area contributed by atoms with Crippen molar-refractivity contribution >= 4 is 17.7 Å². The standard InChI is InChI=1S/C12H9F3N2O3S/c1-6-4-9(12(13,14)15)17-11(16-6)21-5-7-2-3-8(20-7)10(18)19/h2-4H,5H2,1H3,(H,18,19)/p-1. The average molecular weight is 317 g/mol. The fourth-order valence-corrected chi connectivity index (χ4v) is 2.25. The number of alkyl halides is 3. The zero-order chi connectivity index (χ0) is 15.6. The molecule has 0 saturated heterocycles. The van der Waals surface area contributed by atoms with Crippen molar-refractivity contribution in [3.8, 4) is 0 Å². The highest BCUT2D eigenvalue weighted by molar-refractivity contribution is 7.98. The molecule has 2 aromatic rings. The van der Waals surface area contributed by atoms with E-state index in [0.29, 0.717) is 0 Å². The highest BCUT2D eigenvalue weighted by Gasteiger charge is 2.33. The van der Waals surface area contributed by atoms with Gasteiger partial charge in [-0.2, -0.15) is 13.2 Å². The van der Waals surface area contributed by atoms with Crippen LogP contribution in [0.1, 0.15) is 27.7 Å². The molecule has 9 heteroatoms. The smallest absolute Gasteiger partial charge is 0.433 e. The minimum Gasteiger partial charge on any atom is -0.542 e. The van der Waals surface area contributed by atoms with E-state index in [9.17, 15) is 23.1 Å². The van der Waals surface area contributed by atoms with E-state index in [1.807, 2.05) is 0 Å². The maximum absolute atomic E-state index is 12.6. The predicted octanol–water partition coefficient (Wildman–Crippen LogP) is 2.05. The van der Waals surface area contributed by atoms with Gasteiger partial charge in [-0.05, 0) is 25.1 Å². The van der Waals surface area contributed by atoms with Crippen molar-refractivity contribution in [1.29, 1.82) is 0 Å². The molecule has 0 aliphatic heterocycles. The van der Waals surface area contributed by atoms with E-state index in [1.165, 1.54) is 19.1 Å². The predicted molar refractivity (Wildman–Crippen MR) is 64.4 cm³/mol. The molecule has 2 aromatic heterocycles. The molecule has 0 fully saturated rings. The number of aromatic carboxylic acids is 1. The van der Waals surface area contributed by atoms with Crippen LogP contribution in [0, 0.1) is 6.92 Å². The van der Waals surface area contributed by atoms with Crippen LogP contribution in [0.3, 0.4) is 0 Å². The molecule has 2 rings (SSSR count). The lowest BCUT2D eigenvalue weighted by atomic mass is 10.3. The Morgan fingerprint density at radius 2 is 2.10 bits per heavy atom. The first kappa shape index (κ1) is 15.4. The first-order chi connectivity index (χ1) is 9.75. The molecule has 2 heterocycles. The Balaban J connectivity index is 2.12. The van der Waals surface area contributed by atoms with Crippen molar-refractivity contribution in [3.05, 3.63) is 41.1 Å². The van der Waals surface area contributed by atoms with Crippen LogP contribution in [0.5, 0.6) is 0 Å². The van der Waals surface area contributed by atoms with Gasteiger partial charge in [-0.15, -0.1) is 0 Å². The largest absolute Gasteiger partial charge is 0.542 e. The summed E-state index contributed by atoms with van der Waals surface area (Å²) in [5, 5.41) is 10.5. The van der Waals surface area contributed by atoms with E-state index in [2.05, 4.69) is 9.97 Å². The van der Waals surface area contributed by atoms with Crippen LogP contribution in [0.4, 0.5) is 13.2 Å². The molecule has 112 valence electrons. The summed E-state index contributed by atoms with van der Waals surface area (Å²) in [6, 6.07) is 3.47. The van der Waals surface area contributed by atoms with Gasteiger partial charge in [0.1, 0.15) is 23.2 Å². The number of halogens is 3. The number of thioether (sulfide) groups is 1. The maximum Gasteiger partial charge on any atom is 0.433 e. The number of rotatable bonds is 4. The Hall–Kier alpha value is -2.03. The summed E-state index contributed by atoms with van der Waals surface area (Å²) in [5.41, 5.74) is -0.831. The van der Waals surface area contributed by atoms with Gasteiger partial charge < -0.3 is 14.3 Å². The third-order valence-corrected chi connectivity index (χ3v) is 3.20. The van der Waals surface area contributed by atoms with E-state index in [1.54, 1.807) is 0 Å². The molecule has 0 amide bonds. The van der Waals surface area contributed by atoms with Crippen molar-refractivity contribution in [2.45, 2.75) is 24.0 Å². The number of carbonyl (C=O) groups is 1. The first-order valence-corrected chi connectivity index (χ1v) is 6.60. The summed E-state index contributed by atoms with van der Waals surface area (Å²) >= 11 is 0.914. The highest BCUT2D eigenvalue weighted by atomic mass is 32.2. The molecule has 5 nitrogen and oxygen atoms in total. The number of hydrogen-bond donors (Lipinski definition) is 0. The summed E-state index contributed by atoms with van der Waals surface area (Å²) in [5.74, 6) is -1.42. The third kappa shape index (κ3) is 3.97. The van der Waals surface area contributed by atoms with Crippen LogP contribution in [-0.4, -0.2) is 15.9 Å². The molecule has 0 saturated carbocycles. The van der Waals surface area contributed by atoms with E-state index in [0.717, 1.165) is 17.8 Å². The Morgan fingerprint density at radius 3 is 2.67 bits per heavy atom. The number of carbonyl (C=O) groups excluding carboxylic acids is 1. The minimum absolute atomic E-state index is 0.0614. The quantitative estimate of drug-likeness (QED) is 0.634. The third-order valence-electron chi connectivity index (χ3n) is 2.33. The topological polar surface area (TPSA) is 79.0 Å². The molecule has 0 aromatic carbocycles. The average Bonchev–Trinajstić information content (AvgIpc) is 2.83. The number of carboxylic acid groups (broad SMARTS) is 1. The van der Waals surface area contributed by atoms with Gasteiger partial charge in [0.15, 0.2) is 5.16 Å². The Morgan fingerprint density at radius 1 is 1.38 bits per heavy atom. The van der Waals surface area contributed by atoms with Gasteiger partial charge in [0.2, 0.25) is 0 Å². The van der Waals surface area contributed by atoms with Crippen LogP contribution in [-0.2, 0) is 11.9 Å². The Labute approximate surface area is 121 Å². The molecule has 21 heavy (non-hydrogen) atoms. The summed E-state index contributed by atoms with van der Waals surface area (Å²) in [7, 11) is 0. The van der Waals surface area contributed by atoms with Crippen molar-refractivity contribution in [2.75, 3.05) is 0 Å². The maximum atomic E-state index is 12.6. The zero-order valence-corrected chi connectivity index (χ0v) is 11.4. The molecule has 0 atom stereocenters. The fraction of sp³-hybridized carbons (Fsp3) is 0.250. The molecule has 0 aliphatic rings. The molecule has 0 N–H and O–H groups in total. The minimum atomic E-state index is -4.55. The van der Waals surface area contributed by atoms with Crippen LogP contribution in [0.2, 0.25) is 0 Å². The molecule has 0 spiro atoms. The van der Waals surface area contributed by atoms with Crippen LogP contribution in [0.25, 0.3) is 0 Å². The highest BCUT2D eigenvalue weighted by Crippen LogP contribution is 2.30. The van der Waals surface area contributed by atoms with Gasteiger partial charge in [-0.25, -0.2) is 9.97 Å². The monoisotopic (exact) mass is 317 g/mol. The second kappa shape index (κ2) is 5.76. The van der Waals surface area contributed by atoms with Crippen molar-refractivity contribution < 1.29 is 27.5 Å². The summed E-state index contributed by atoms with van der Waals surface area (Å²) < 4.78 is 42.8. The molecule has 0 radical (unpaired) electrons. The second-order valence-corrected chi connectivity index (χ2v) is 4.96. The van der Waals surface area contributed by atoms with Gasteiger partial charge in [0.05, 0.1) is 5.75 Å². The van der Waals surface area contributed by atoms with E-state index in [-0.39, 0.29) is 28.1 Å². The normalized spacial score (nSPS) is 11.6.